The van der Waals surface area contributed by atoms with Gasteiger partial charge in [0.05, 0.1) is 17.6 Å². The summed E-state index contributed by atoms with van der Waals surface area (Å²) in [6.07, 6.45) is 5.27. The first-order valence-corrected chi connectivity index (χ1v) is 5.03. The van der Waals surface area contributed by atoms with E-state index in [1.165, 1.54) is 0 Å². The van der Waals surface area contributed by atoms with E-state index < -0.39 is 0 Å². The number of ether oxygens (including phenoxy) is 1. The number of rotatable bonds is 3. The van der Waals surface area contributed by atoms with Gasteiger partial charge >= 0.3 is 0 Å². The summed E-state index contributed by atoms with van der Waals surface area (Å²) in [7, 11) is 1.64. The van der Waals surface area contributed by atoms with Crippen molar-refractivity contribution >= 4 is 21.6 Å². The van der Waals surface area contributed by atoms with Crippen LogP contribution in [0.4, 0.5) is 5.69 Å². The maximum Gasteiger partial charge on any atom is 0.133 e. The van der Waals surface area contributed by atoms with Crippen LogP contribution in [0.2, 0.25) is 0 Å². The van der Waals surface area contributed by atoms with Crippen molar-refractivity contribution in [2.75, 3.05) is 12.4 Å². The lowest BCUT2D eigenvalue weighted by molar-refractivity contribution is 0.412. The van der Waals surface area contributed by atoms with Gasteiger partial charge in [0.15, 0.2) is 0 Å². The minimum atomic E-state index is 0.0234. The Kier molecular flexibility index (Phi) is 3.84. The average Bonchev–Trinajstić information content (AvgIpc) is 2.18. The second-order valence-corrected chi connectivity index (χ2v) is 3.74. The number of hydrogen-bond donors (Lipinski definition) is 1. The number of halogens is 1. The quantitative estimate of drug-likeness (QED) is 0.837. The molecule has 0 aromatic heterocycles. The van der Waals surface area contributed by atoms with E-state index in [9.17, 15) is 0 Å². The first-order valence-electron chi connectivity index (χ1n) is 4.23. The highest BCUT2D eigenvalue weighted by molar-refractivity contribution is 9.10. The molecule has 1 aromatic rings. The molecular formula is C11H12BrNO. The fourth-order valence-electron chi connectivity index (χ4n) is 1.05. The molecule has 1 N–H and O–H groups in total. The molecule has 0 heterocycles. The van der Waals surface area contributed by atoms with Gasteiger partial charge in [-0.05, 0) is 41.1 Å². The van der Waals surface area contributed by atoms with Gasteiger partial charge in [0.1, 0.15) is 5.75 Å². The molecule has 0 aliphatic heterocycles. The lowest BCUT2D eigenvalue weighted by Gasteiger charge is -2.10. The Bertz CT molecular complexity index is 357. The molecule has 1 atom stereocenters. The Labute approximate surface area is 92.8 Å². The molecule has 1 rings (SSSR count). The molecule has 0 aliphatic rings. The van der Waals surface area contributed by atoms with Gasteiger partial charge in [-0.3, -0.25) is 0 Å². The molecule has 74 valence electrons. The predicted octanol–water partition coefficient (Wildman–Crippen LogP) is 2.89. The zero-order valence-electron chi connectivity index (χ0n) is 8.17. The smallest absolute Gasteiger partial charge is 0.133 e. The van der Waals surface area contributed by atoms with Crippen LogP contribution in [-0.4, -0.2) is 13.2 Å². The molecule has 0 bridgehead atoms. The van der Waals surface area contributed by atoms with Crippen molar-refractivity contribution in [3.63, 3.8) is 0 Å². The Morgan fingerprint density at radius 3 is 2.79 bits per heavy atom. The summed E-state index contributed by atoms with van der Waals surface area (Å²) < 4.78 is 6.03. The van der Waals surface area contributed by atoms with E-state index >= 15 is 0 Å². The highest BCUT2D eigenvalue weighted by Crippen LogP contribution is 2.27. The molecule has 0 radical (unpaired) electrons. The zero-order chi connectivity index (χ0) is 10.6. The monoisotopic (exact) mass is 253 g/mol. The Morgan fingerprint density at radius 1 is 1.57 bits per heavy atom. The van der Waals surface area contributed by atoms with Crippen molar-refractivity contribution in [1.29, 1.82) is 0 Å². The molecule has 0 fully saturated rings. The minimum Gasteiger partial charge on any atom is -0.496 e. The number of hydrogen-bond acceptors (Lipinski definition) is 2. The van der Waals surface area contributed by atoms with Crippen LogP contribution in [0, 0.1) is 12.3 Å². The van der Waals surface area contributed by atoms with Gasteiger partial charge in [0.2, 0.25) is 0 Å². The summed E-state index contributed by atoms with van der Waals surface area (Å²) in [5.74, 6) is 3.41. The summed E-state index contributed by atoms with van der Waals surface area (Å²) in [5.41, 5.74) is 0.975. The molecule has 1 unspecified atom stereocenters. The molecule has 0 amide bonds. The van der Waals surface area contributed by atoms with Crippen LogP contribution in [0.25, 0.3) is 0 Å². The second kappa shape index (κ2) is 4.92. The largest absolute Gasteiger partial charge is 0.496 e. The summed E-state index contributed by atoms with van der Waals surface area (Å²) in [4.78, 5) is 0. The molecule has 0 saturated heterocycles. The van der Waals surface area contributed by atoms with E-state index in [1.807, 2.05) is 25.1 Å². The van der Waals surface area contributed by atoms with Gasteiger partial charge in [-0.25, -0.2) is 0 Å². The van der Waals surface area contributed by atoms with E-state index in [4.69, 9.17) is 11.2 Å². The molecular weight excluding hydrogens is 242 g/mol. The standard InChI is InChI=1S/C11H12BrNO/c1-4-8(2)13-9-5-6-11(14-3)10(12)7-9/h1,5-8,13H,2-3H3. The lowest BCUT2D eigenvalue weighted by Crippen LogP contribution is -2.11. The van der Waals surface area contributed by atoms with E-state index in [-0.39, 0.29) is 6.04 Å². The molecule has 3 heteroatoms. The average molecular weight is 254 g/mol. The summed E-state index contributed by atoms with van der Waals surface area (Å²) in [6.45, 7) is 1.93. The summed E-state index contributed by atoms with van der Waals surface area (Å²) in [6, 6.07) is 5.77. The lowest BCUT2D eigenvalue weighted by atomic mass is 10.2. The van der Waals surface area contributed by atoms with E-state index in [1.54, 1.807) is 7.11 Å². The molecule has 0 aliphatic carbocycles. The molecule has 0 spiro atoms. The highest BCUT2D eigenvalue weighted by atomic mass is 79.9. The van der Waals surface area contributed by atoms with Crippen molar-refractivity contribution in [2.45, 2.75) is 13.0 Å². The molecule has 14 heavy (non-hydrogen) atoms. The Balaban J connectivity index is 2.82. The van der Waals surface area contributed by atoms with Crippen molar-refractivity contribution < 1.29 is 4.74 Å². The molecule has 0 saturated carbocycles. The topological polar surface area (TPSA) is 21.3 Å². The number of anilines is 1. The maximum atomic E-state index is 5.27. The number of benzene rings is 1. The predicted molar refractivity (Wildman–Crippen MR) is 62.6 cm³/mol. The third-order valence-corrected chi connectivity index (χ3v) is 2.40. The van der Waals surface area contributed by atoms with Crippen LogP contribution in [-0.2, 0) is 0 Å². The Morgan fingerprint density at radius 2 is 2.29 bits per heavy atom. The van der Waals surface area contributed by atoms with Crippen LogP contribution in [0.1, 0.15) is 6.92 Å². The first kappa shape index (κ1) is 10.9. The molecule has 2 nitrogen and oxygen atoms in total. The van der Waals surface area contributed by atoms with Gasteiger partial charge in [0.25, 0.3) is 0 Å². The van der Waals surface area contributed by atoms with E-state index in [2.05, 4.69) is 27.2 Å². The third-order valence-electron chi connectivity index (χ3n) is 1.78. The fourth-order valence-corrected chi connectivity index (χ4v) is 1.59. The summed E-state index contributed by atoms with van der Waals surface area (Å²) in [5, 5.41) is 3.16. The van der Waals surface area contributed by atoms with Crippen LogP contribution in [0.3, 0.4) is 0 Å². The SMILES string of the molecule is C#CC(C)Nc1ccc(OC)c(Br)c1. The molecule has 1 aromatic carbocycles. The highest BCUT2D eigenvalue weighted by Gasteiger charge is 2.02. The number of methoxy groups -OCH3 is 1. The van der Waals surface area contributed by atoms with Crippen LogP contribution >= 0.6 is 15.9 Å². The van der Waals surface area contributed by atoms with Crippen LogP contribution in [0.5, 0.6) is 5.75 Å². The van der Waals surface area contributed by atoms with Gasteiger partial charge in [0, 0.05) is 5.69 Å². The number of nitrogens with one attached hydrogen (secondary N) is 1. The maximum absolute atomic E-state index is 5.27. The van der Waals surface area contributed by atoms with Crippen molar-refractivity contribution in [2.24, 2.45) is 0 Å². The third kappa shape index (κ3) is 2.68. The van der Waals surface area contributed by atoms with Crippen molar-refractivity contribution in [1.82, 2.24) is 0 Å². The van der Waals surface area contributed by atoms with Crippen LogP contribution < -0.4 is 10.1 Å². The van der Waals surface area contributed by atoms with Crippen molar-refractivity contribution in [3.8, 4) is 18.1 Å². The zero-order valence-corrected chi connectivity index (χ0v) is 9.76. The van der Waals surface area contributed by atoms with Gasteiger partial charge < -0.3 is 10.1 Å². The van der Waals surface area contributed by atoms with Crippen molar-refractivity contribution in [3.05, 3.63) is 22.7 Å². The minimum absolute atomic E-state index is 0.0234. The van der Waals surface area contributed by atoms with Crippen LogP contribution in [0.15, 0.2) is 22.7 Å². The first-order chi connectivity index (χ1) is 6.67. The van der Waals surface area contributed by atoms with Gasteiger partial charge in [-0.15, -0.1) is 6.42 Å². The second-order valence-electron chi connectivity index (χ2n) is 2.88. The van der Waals surface area contributed by atoms with E-state index in [0.717, 1.165) is 15.9 Å². The number of terminal acetylenes is 1. The normalized spacial score (nSPS) is 11.6. The fraction of sp³-hybridized carbons (Fsp3) is 0.273. The van der Waals surface area contributed by atoms with Gasteiger partial charge in [-0.2, -0.15) is 0 Å². The van der Waals surface area contributed by atoms with Gasteiger partial charge in [-0.1, -0.05) is 5.92 Å². The van der Waals surface area contributed by atoms with E-state index in [0.29, 0.717) is 0 Å². The Hall–Kier alpha value is -1.14. The summed E-state index contributed by atoms with van der Waals surface area (Å²) >= 11 is 3.40.